The minimum absolute atomic E-state index is 0.121. The predicted octanol–water partition coefficient (Wildman–Crippen LogP) is 1.09. The van der Waals surface area contributed by atoms with Gasteiger partial charge in [0, 0.05) is 46.3 Å². The number of piperidine rings is 1. The van der Waals surface area contributed by atoms with Crippen molar-refractivity contribution in [2.75, 3.05) is 33.7 Å². The van der Waals surface area contributed by atoms with Crippen molar-refractivity contribution in [3.8, 4) is 0 Å². The summed E-state index contributed by atoms with van der Waals surface area (Å²) >= 11 is 0. The molecule has 3 heterocycles. The maximum Gasteiger partial charge on any atom is 0.336 e. The van der Waals surface area contributed by atoms with Crippen LogP contribution in [0.15, 0.2) is 24.3 Å². The van der Waals surface area contributed by atoms with Crippen LogP contribution in [0, 0.1) is 5.92 Å². The second-order valence-corrected chi connectivity index (χ2v) is 9.24. The Kier molecular flexibility index (Phi) is 5.15. The Hall–Kier alpha value is -1.48. The molecule has 25 heavy (non-hydrogen) atoms. The van der Waals surface area contributed by atoms with E-state index in [1.165, 1.54) is 4.31 Å². The van der Waals surface area contributed by atoms with E-state index in [1.54, 1.807) is 30.5 Å². The zero-order chi connectivity index (χ0) is 18.2. The van der Waals surface area contributed by atoms with Gasteiger partial charge in [0.2, 0.25) is 0 Å². The lowest BCUT2D eigenvalue weighted by molar-refractivity contribution is 0.0691. The van der Waals surface area contributed by atoms with E-state index in [-0.39, 0.29) is 12.0 Å². The summed E-state index contributed by atoms with van der Waals surface area (Å²) in [5.41, 5.74) is 1.10. The smallest absolute Gasteiger partial charge is 0.336 e. The van der Waals surface area contributed by atoms with E-state index in [0.29, 0.717) is 25.2 Å². The largest absolute Gasteiger partial charge is 0.478 e. The van der Waals surface area contributed by atoms with Crippen molar-refractivity contribution < 1.29 is 18.3 Å². The molecule has 4 rings (SSSR count). The van der Waals surface area contributed by atoms with Crippen LogP contribution in [0.5, 0.6) is 0 Å². The highest BCUT2D eigenvalue weighted by Gasteiger charge is 2.39. The second kappa shape index (κ2) is 7.03. The lowest BCUT2D eigenvalue weighted by Gasteiger charge is -2.36. The Morgan fingerprint density at radius 3 is 2.60 bits per heavy atom. The number of carbonyl (C=O) groups is 1. The van der Waals surface area contributed by atoms with Gasteiger partial charge >= 0.3 is 5.97 Å². The van der Waals surface area contributed by atoms with E-state index >= 15 is 0 Å². The normalized spacial score (nSPS) is 25.2. The van der Waals surface area contributed by atoms with Crippen LogP contribution in [0.25, 0.3) is 0 Å². The minimum Gasteiger partial charge on any atom is -0.478 e. The fourth-order valence-corrected chi connectivity index (χ4v) is 5.06. The summed E-state index contributed by atoms with van der Waals surface area (Å²) in [6.45, 7) is 2.35. The van der Waals surface area contributed by atoms with Gasteiger partial charge in [-0.15, -0.1) is 0 Å². The number of rotatable bonds is 5. The topological polar surface area (TPSA) is 81.2 Å². The second-order valence-electron chi connectivity index (χ2n) is 7.10. The molecule has 8 heteroatoms. The summed E-state index contributed by atoms with van der Waals surface area (Å²) in [5.74, 6) is -0.641. The summed E-state index contributed by atoms with van der Waals surface area (Å²) < 4.78 is 27.9. The van der Waals surface area contributed by atoms with E-state index in [2.05, 4.69) is 4.90 Å². The van der Waals surface area contributed by atoms with Crippen molar-refractivity contribution in [3.63, 3.8) is 0 Å². The number of carboxylic acid groups (broad SMARTS) is 1. The molecule has 0 amide bonds. The highest BCUT2D eigenvalue weighted by Crippen LogP contribution is 2.31. The molecule has 2 bridgehead atoms. The van der Waals surface area contributed by atoms with Crippen LogP contribution in [0.4, 0.5) is 0 Å². The molecule has 2 atom stereocenters. The molecule has 1 aromatic rings. The number of carboxylic acids is 1. The van der Waals surface area contributed by atoms with E-state index in [0.717, 1.165) is 24.9 Å². The number of benzene rings is 1. The van der Waals surface area contributed by atoms with Crippen LogP contribution in [-0.4, -0.2) is 72.8 Å². The summed E-state index contributed by atoms with van der Waals surface area (Å²) in [6, 6.07) is 7.16. The van der Waals surface area contributed by atoms with Crippen molar-refractivity contribution >= 4 is 16.2 Å². The Labute approximate surface area is 149 Å². The lowest BCUT2D eigenvalue weighted by Crippen LogP contribution is -2.46. The summed E-state index contributed by atoms with van der Waals surface area (Å²) in [4.78, 5) is 13.7. The summed E-state index contributed by atoms with van der Waals surface area (Å²) in [5, 5.41) is 9.38. The van der Waals surface area contributed by atoms with Crippen molar-refractivity contribution in [1.82, 2.24) is 13.5 Å². The molecule has 1 N–H and O–H groups in total. The molecule has 138 valence electrons. The molecular weight excluding hydrogens is 342 g/mol. The van der Waals surface area contributed by atoms with Gasteiger partial charge in [0.15, 0.2) is 0 Å². The molecule has 1 aromatic carbocycles. The molecule has 3 aliphatic rings. The maximum atomic E-state index is 12.5. The Morgan fingerprint density at radius 1 is 1.20 bits per heavy atom. The molecule has 0 radical (unpaired) electrons. The first-order valence-corrected chi connectivity index (χ1v) is 9.91. The molecule has 7 nitrogen and oxygen atoms in total. The van der Waals surface area contributed by atoms with E-state index in [9.17, 15) is 18.3 Å². The van der Waals surface area contributed by atoms with Gasteiger partial charge in [0.1, 0.15) is 0 Å². The molecule has 0 aromatic heterocycles. The van der Waals surface area contributed by atoms with Gasteiger partial charge in [-0.25, -0.2) is 4.79 Å². The Bertz CT molecular complexity index is 750. The van der Waals surface area contributed by atoms with Gasteiger partial charge in [-0.05, 0) is 30.4 Å². The van der Waals surface area contributed by atoms with Crippen LogP contribution in [0.3, 0.4) is 0 Å². The van der Waals surface area contributed by atoms with E-state index in [4.69, 9.17) is 0 Å². The van der Waals surface area contributed by atoms with Crippen LogP contribution in [0.2, 0.25) is 0 Å². The molecule has 0 aliphatic carbocycles. The molecule has 3 aliphatic heterocycles. The van der Waals surface area contributed by atoms with Crippen molar-refractivity contribution in [2.24, 2.45) is 5.92 Å². The fraction of sp³-hybridized carbons (Fsp3) is 0.588. The van der Waals surface area contributed by atoms with Gasteiger partial charge in [0.25, 0.3) is 10.2 Å². The first kappa shape index (κ1) is 18.3. The number of hydrogen-bond acceptors (Lipinski definition) is 4. The number of nitrogens with zero attached hydrogens (tertiary/aromatic N) is 3. The van der Waals surface area contributed by atoms with E-state index in [1.807, 2.05) is 12.1 Å². The first-order chi connectivity index (χ1) is 11.8. The van der Waals surface area contributed by atoms with Gasteiger partial charge in [-0.3, -0.25) is 4.90 Å². The first-order valence-electron chi connectivity index (χ1n) is 8.52. The molecule has 3 saturated heterocycles. The predicted molar refractivity (Wildman–Crippen MR) is 94.5 cm³/mol. The van der Waals surface area contributed by atoms with Crippen LogP contribution in [0.1, 0.15) is 28.8 Å². The standard InChI is InChI=1S/C17H25N3O4S/c1-18(2)25(23,24)20-10-13-7-8-15(12-20)19(9-13)11-14-5-3-4-6-16(14)17(21)22/h3-6,13,15H,7-12H2,1-2H3,(H,21,22)/t13-,15-/m0/s1. The summed E-state index contributed by atoms with van der Waals surface area (Å²) in [7, 11) is -0.304. The third kappa shape index (κ3) is 3.72. The minimum atomic E-state index is -3.42. The molecule has 0 saturated carbocycles. The lowest BCUT2D eigenvalue weighted by atomic mass is 9.94. The van der Waals surface area contributed by atoms with Crippen molar-refractivity contribution in [2.45, 2.75) is 25.4 Å². The average molecular weight is 367 g/mol. The van der Waals surface area contributed by atoms with E-state index < -0.39 is 16.2 Å². The third-order valence-electron chi connectivity index (χ3n) is 5.20. The van der Waals surface area contributed by atoms with Crippen LogP contribution in [-0.2, 0) is 16.8 Å². The van der Waals surface area contributed by atoms with Crippen molar-refractivity contribution in [1.29, 1.82) is 0 Å². The fourth-order valence-electron chi connectivity index (χ4n) is 3.83. The zero-order valence-electron chi connectivity index (χ0n) is 14.6. The van der Waals surface area contributed by atoms with Gasteiger partial charge < -0.3 is 5.11 Å². The average Bonchev–Trinajstić information content (AvgIpc) is 2.87. The zero-order valence-corrected chi connectivity index (χ0v) is 15.4. The third-order valence-corrected chi connectivity index (χ3v) is 7.08. The van der Waals surface area contributed by atoms with Gasteiger partial charge in [-0.1, -0.05) is 18.2 Å². The number of hydrogen-bond donors (Lipinski definition) is 1. The SMILES string of the molecule is CN(C)S(=O)(=O)N1C[C@H]2CC[C@@H](C1)N(Cc1ccccc1C(=O)O)C2. The number of aromatic carboxylic acids is 1. The maximum absolute atomic E-state index is 12.5. The molecular formula is C17H25N3O4S. The molecule has 0 unspecified atom stereocenters. The Balaban J connectivity index is 1.81. The van der Waals surface area contributed by atoms with Crippen LogP contribution < -0.4 is 0 Å². The highest BCUT2D eigenvalue weighted by atomic mass is 32.2. The number of fused-ring (bicyclic) bond motifs is 4. The monoisotopic (exact) mass is 367 g/mol. The van der Waals surface area contributed by atoms with Crippen molar-refractivity contribution in [3.05, 3.63) is 35.4 Å². The quantitative estimate of drug-likeness (QED) is 0.842. The summed E-state index contributed by atoms with van der Waals surface area (Å²) in [6.07, 6.45) is 1.96. The molecule has 0 spiro atoms. The highest BCUT2D eigenvalue weighted by molar-refractivity contribution is 7.86. The Morgan fingerprint density at radius 2 is 1.92 bits per heavy atom. The molecule has 3 fully saturated rings. The van der Waals surface area contributed by atoms with Crippen LogP contribution >= 0.6 is 0 Å². The van der Waals surface area contributed by atoms with Gasteiger partial charge in [-0.2, -0.15) is 17.0 Å². The van der Waals surface area contributed by atoms with Gasteiger partial charge in [0.05, 0.1) is 5.56 Å².